The van der Waals surface area contributed by atoms with Gasteiger partial charge in [-0.3, -0.25) is 9.35 Å². The normalized spacial score (nSPS) is 13.5. The first-order chi connectivity index (χ1) is 20.8. The summed E-state index contributed by atoms with van der Waals surface area (Å²) in [6.07, 6.45) is 36.3. The molecule has 0 aliphatic rings. The van der Waals surface area contributed by atoms with E-state index >= 15 is 0 Å². The van der Waals surface area contributed by atoms with Gasteiger partial charge in [-0.25, -0.2) is 0 Å². The molecular formula is C36H71NO5S. The van der Waals surface area contributed by atoms with Crippen LogP contribution in [0.3, 0.4) is 0 Å². The molecule has 0 aromatic carbocycles. The highest BCUT2D eigenvalue weighted by Gasteiger charge is 2.24. The topological polar surface area (TPSA) is 104 Å². The molecule has 7 heteroatoms. The molecule has 0 aliphatic carbocycles. The van der Waals surface area contributed by atoms with Crippen LogP contribution in [0.4, 0.5) is 0 Å². The van der Waals surface area contributed by atoms with Crippen molar-refractivity contribution in [1.82, 2.24) is 5.32 Å². The summed E-state index contributed by atoms with van der Waals surface area (Å²) in [5, 5.41) is 13.1. The Morgan fingerprint density at radius 1 is 0.605 bits per heavy atom. The van der Waals surface area contributed by atoms with Crippen LogP contribution in [-0.2, 0) is 14.9 Å². The molecule has 6 nitrogen and oxygen atoms in total. The van der Waals surface area contributed by atoms with Crippen LogP contribution >= 0.6 is 0 Å². The van der Waals surface area contributed by atoms with Crippen molar-refractivity contribution in [2.75, 3.05) is 5.75 Å². The van der Waals surface area contributed by atoms with Gasteiger partial charge in [-0.2, -0.15) is 8.42 Å². The van der Waals surface area contributed by atoms with E-state index in [9.17, 15) is 22.9 Å². The molecular weight excluding hydrogens is 558 g/mol. The fourth-order valence-electron chi connectivity index (χ4n) is 5.68. The number of hydrogen-bond donors (Lipinski definition) is 3. The van der Waals surface area contributed by atoms with Crippen molar-refractivity contribution >= 4 is 16.0 Å². The van der Waals surface area contributed by atoms with Gasteiger partial charge in [-0.1, -0.05) is 180 Å². The third-order valence-electron chi connectivity index (χ3n) is 8.46. The van der Waals surface area contributed by atoms with Crippen LogP contribution in [0.5, 0.6) is 0 Å². The van der Waals surface area contributed by atoms with Crippen LogP contribution in [0.25, 0.3) is 0 Å². The lowest BCUT2D eigenvalue weighted by atomic mass is 10.0. The number of amides is 1. The predicted molar refractivity (Wildman–Crippen MR) is 184 cm³/mol. The van der Waals surface area contributed by atoms with Crippen LogP contribution in [0.2, 0.25) is 0 Å². The largest absolute Gasteiger partial charge is 0.387 e. The average Bonchev–Trinajstić information content (AvgIpc) is 2.96. The fourth-order valence-corrected chi connectivity index (χ4v) is 6.42. The highest BCUT2D eigenvalue weighted by Crippen LogP contribution is 2.15. The summed E-state index contributed by atoms with van der Waals surface area (Å²) in [7, 11) is -4.33. The monoisotopic (exact) mass is 630 g/mol. The lowest BCUT2D eigenvalue weighted by Crippen LogP contribution is -2.46. The number of aliphatic hydroxyl groups excluding tert-OH is 1. The van der Waals surface area contributed by atoms with Crippen LogP contribution in [0.15, 0.2) is 12.2 Å². The molecule has 0 bridgehead atoms. The Morgan fingerprint density at radius 2 is 0.953 bits per heavy atom. The molecule has 0 aliphatic heterocycles. The molecule has 2 atom stereocenters. The standard InChI is InChI=1S/C36H71NO5S/c1-3-5-7-9-11-13-14-15-16-17-18-19-20-21-22-24-25-27-29-31-35(38)34(33-43(40,41)42)37-36(39)32-30-28-26-23-12-10-8-6-4-2/h29,31,34-35,38H,3-28,30,32-33H2,1-2H3,(H,37,39)(H,40,41,42)/b31-29+. The zero-order chi connectivity index (χ0) is 31.9. The summed E-state index contributed by atoms with van der Waals surface area (Å²) in [5.41, 5.74) is 0. The van der Waals surface area contributed by atoms with Crippen LogP contribution in [0.1, 0.15) is 194 Å². The van der Waals surface area contributed by atoms with Crippen molar-refractivity contribution in [2.45, 2.75) is 206 Å². The summed E-state index contributed by atoms with van der Waals surface area (Å²) >= 11 is 0. The third kappa shape index (κ3) is 32.3. The van der Waals surface area contributed by atoms with Crippen LogP contribution < -0.4 is 5.32 Å². The second-order valence-electron chi connectivity index (χ2n) is 12.9. The van der Waals surface area contributed by atoms with E-state index in [4.69, 9.17) is 0 Å². The number of nitrogens with one attached hydrogen (secondary N) is 1. The first kappa shape index (κ1) is 42.1. The number of rotatable bonds is 33. The summed E-state index contributed by atoms with van der Waals surface area (Å²) in [6.45, 7) is 4.48. The minimum atomic E-state index is -4.33. The molecule has 0 radical (unpaired) electrons. The number of aliphatic hydroxyl groups is 1. The number of allylic oxidation sites excluding steroid dienone is 1. The molecule has 0 rings (SSSR count). The average molecular weight is 630 g/mol. The van der Waals surface area contributed by atoms with Gasteiger partial charge in [0.2, 0.25) is 5.91 Å². The Labute approximate surface area is 267 Å². The van der Waals surface area contributed by atoms with E-state index in [1.165, 1.54) is 135 Å². The number of hydrogen-bond acceptors (Lipinski definition) is 4. The molecule has 43 heavy (non-hydrogen) atoms. The number of unbranched alkanes of at least 4 members (excludes halogenated alkanes) is 25. The highest BCUT2D eigenvalue weighted by molar-refractivity contribution is 7.85. The second kappa shape index (κ2) is 31.1. The summed E-state index contributed by atoms with van der Waals surface area (Å²) < 4.78 is 32.3. The lowest BCUT2D eigenvalue weighted by molar-refractivity contribution is -0.122. The summed E-state index contributed by atoms with van der Waals surface area (Å²) in [4.78, 5) is 12.4. The predicted octanol–water partition coefficient (Wildman–Crippen LogP) is 10.2. The van der Waals surface area contributed by atoms with Gasteiger partial charge in [0.15, 0.2) is 0 Å². The Morgan fingerprint density at radius 3 is 1.33 bits per heavy atom. The number of carbonyl (C=O) groups excluding carboxylic acids is 1. The van der Waals surface area contributed by atoms with Gasteiger partial charge in [-0.05, 0) is 19.3 Å². The van der Waals surface area contributed by atoms with E-state index in [1.807, 2.05) is 6.08 Å². The first-order valence-electron chi connectivity index (χ1n) is 18.4. The zero-order valence-electron chi connectivity index (χ0n) is 28.3. The maximum Gasteiger partial charge on any atom is 0.267 e. The van der Waals surface area contributed by atoms with Gasteiger partial charge in [0, 0.05) is 6.42 Å². The Kier molecular flexibility index (Phi) is 30.4. The second-order valence-corrected chi connectivity index (χ2v) is 14.4. The molecule has 0 saturated carbocycles. The maximum absolute atomic E-state index is 12.4. The van der Waals surface area contributed by atoms with Gasteiger partial charge in [0.25, 0.3) is 10.1 Å². The van der Waals surface area contributed by atoms with Crippen molar-refractivity contribution < 1.29 is 22.9 Å². The molecule has 1 amide bonds. The first-order valence-corrected chi connectivity index (χ1v) is 20.0. The summed E-state index contributed by atoms with van der Waals surface area (Å²) in [6, 6.07) is -1.05. The van der Waals surface area contributed by atoms with Gasteiger partial charge in [-0.15, -0.1) is 0 Å². The van der Waals surface area contributed by atoms with Gasteiger partial charge in [0.05, 0.1) is 17.9 Å². The van der Waals surface area contributed by atoms with Crippen LogP contribution in [-0.4, -0.2) is 41.9 Å². The third-order valence-corrected chi connectivity index (χ3v) is 9.24. The Hall–Kier alpha value is -0.920. The van der Waals surface area contributed by atoms with Crippen molar-refractivity contribution in [3.8, 4) is 0 Å². The molecule has 0 aromatic rings. The number of carbonyl (C=O) groups is 1. The van der Waals surface area contributed by atoms with Gasteiger partial charge < -0.3 is 10.4 Å². The van der Waals surface area contributed by atoms with Gasteiger partial charge >= 0.3 is 0 Å². The summed E-state index contributed by atoms with van der Waals surface area (Å²) in [5.74, 6) is -0.974. The molecule has 2 unspecified atom stereocenters. The molecule has 0 fully saturated rings. The highest BCUT2D eigenvalue weighted by atomic mass is 32.2. The van der Waals surface area contributed by atoms with E-state index in [-0.39, 0.29) is 5.91 Å². The van der Waals surface area contributed by atoms with E-state index in [0.717, 1.165) is 38.5 Å². The van der Waals surface area contributed by atoms with Crippen molar-refractivity contribution in [1.29, 1.82) is 0 Å². The molecule has 0 saturated heterocycles. The van der Waals surface area contributed by atoms with E-state index in [0.29, 0.717) is 6.42 Å². The molecule has 0 spiro atoms. The van der Waals surface area contributed by atoms with Crippen molar-refractivity contribution in [2.24, 2.45) is 0 Å². The minimum absolute atomic E-state index is 0.280. The van der Waals surface area contributed by atoms with E-state index in [2.05, 4.69) is 19.2 Å². The van der Waals surface area contributed by atoms with E-state index < -0.39 is 28.0 Å². The smallest absolute Gasteiger partial charge is 0.267 e. The zero-order valence-corrected chi connectivity index (χ0v) is 29.2. The SMILES string of the molecule is CCCCCCCCCCCCCCCCCCC/C=C/C(O)C(CS(=O)(=O)O)NC(=O)CCCCCCCCCCC. The maximum atomic E-state index is 12.4. The molecule has 3 N–H and O–H groups in total. The Bertz CT molecular complexity index is 740. The Balaban J connectivity index is 3.90. The molecule has 256 valence electrons. The minimum Gasteiger partial charge on any atom is -0.387 e. The van der Waals surface area contributed by atoms with Gasteiger partial charge in [0.1, 0.15) is 0 Å². The fraction of sp³-hybridized carbons (Fsp3) is 0.917. The van der Waals surface area contributed by atoms with Crippen molar-refractivity contribution in [3.63, 3.8) is 0 Å². The quantitative estimate of drug-likeness (QED) is 0.0381. The lowest BCUT2D eigenvalue weighted by Gasteiger charge is -2.21. The van der Waals surface area contributed by atoms with E-state index in [1.54, 1.807) is 6.08 Å². The van der Waals surface area contributed by atoms with Crippen molar-refractivity contribution in [3.05, 3.63) is 12.2 Å². The van der Waals surface area contributed by atoms with Crippen LogP contribution in [0, 0.1) is 0 Å². The molecule has 0 aromatic heterocycles. The molecule has 0 heterocycles.